The maximum Gasteiger partial charge on any atom is 0.125 e. The maximum absolute atomic E-state index is 6.25. The summed E-state index contributed by atoms with van der Waals surface area (Å²) >= 11 is 6.25. The Morgan fingerprint density at radius 2 is 2.05 bits per heavy atom. The summed E-state index contributed by atoms with van der Waals surface area (Å²) in [6, 6.07) is 13.1. The van der Waals surface area contributed by atoms with Crippen molar-refractivity contribution in [2.45, 2.75) is 31.7 Å². The third kappa shape index (κ3) is 2.49. The molecular weight excluding hydrogens is 282 g/mol. The number of nitrogens with one attached hydrogen (secondary N) is 1. The molecule has 0 bridgehead atoms. The van der Waals surface area contributed by atoms with Gasteiger partial charge in [0.05, 0.1) is 6.61 Å². The number of aryl methyl sites for hydroxylation is 1. The van der Waals surface area contributed by atoms with Gasteiger partial charge in [-0.1, -0.05) is 29.8 Å². The summed E-state index contributed by atoms with van der Waals surface area (Å²) < 4.78 is 5.81. The molecule has 2 aromatic carbocycles. The molecule has 4 rings (SSSR count). The number of anilines is 1. The Balaban J connectivity index is 1.58. The van der Waals surface area contributed by atoms with Crippen LogP contribution in [-0.2, 0) is 19.3 Å². The second kappa shape index (κ2) is 5.27. The molecule has 0 fully saturated rings. The number of halogens is 1. The molecule has 21 heavy (non-hydrogen) atoms. The lowest BCUT2D eigenvalue weighted by atomic mass is 9.93. The van der Waals surface area contributed by atoms with E-state index >= 15 is 0 Å². The standard InChI is InChI=1S/C18H18ClNO/c19-15-9-13-7-8-21-18(13)14(10-15)11-16-6-5-12-3-1-2-4-17(12)20-16/h1-4,9-10,16,20H,5-8,11H2. The number of ether oxygens (including phenoxy) is 1. The Kier molecular flexibility index (Phi) is 3.27. The average Bonchev–Trinajstić information content (AvgIpc) is 2.95. The second-order valence-corrected chi connectivity index (χ2v) is 6.33. The van der Waals surface area contributed by atoms with Crippen LogP contribution in [0.3, 0.4) is 0 Å². The highest BCUT2D eigenvalue weighted by Gasteiger charge is 2.22. The molecule has 0 aliphatic carbocycles. The number of hydrogen-bond acceptors (Lipinski definition) is 2. The van der Waals surface area contributed by atoms with Crippen LogP contribution in [0.1, 0.15) is 23.1 Å². The summed E-state index contributed by atoms with van der Waals surface area (Å²) in [6.45, 7) is 0.781. The number of hydrogen-bond donors (Lipinski definition) is 1. The largest absolute Gasteiger partial charge is 0.493 e. The van der Waals surface area contributed by atoms with Gasteiger partial charge in [0, 0.05) is 23.2 Å². The van der Waals surface area contributed by atoms with E-state index in [1.54, 1.807) is 0 Å². The molecule has 2 nitrogen and oxygen atoms in total. The highest BCUT2D eigenvalue weighted by molar-refractivity contribution is 6.30. The summed E-state index contributed by atoms with van der Waals surface area (Å²) in [7, 11) is 0. The normalized spacial score (nSPS) is 19.4. The molecular formula is C18H18ClNO. The lowest BCUT2D eigenvalue weighted by Gasteiger charge is -2.27. The number of rotatable bonds is 2. The predicted octanol–water partition coefficient (Wildman–Crippen LogP) is 4.24. The molecule has 3 heteroatoms. The van der Waals surface area contributed by atoms with Crippen molar-refractivity contribution in [2.24, 2.45) is 0 Å². The molecule has 0 aromatic heterocycles. The highest BCUT2D eigenvalue weighted by Crippen LogP contribution is 2.35. The fraction of sp³-hybridized carbons (Fsp3) is 0.333. The molecule has 2 aliphatic rings. The maximum atomic E-state index is 6.25. The van der Waals surface area contributed by atoms with Crippen molar-refractivity contribution in [3.05, 3.63) is 58.1 Å². The van der Waals surface area contributed by atoms with Crippen LogP contribution in [0.2, 0.25) is 5.02 Å². The van der Waals surface area contributed by atoms with E-state index in [0.717, 1.165) is 43.1 Å². The Hall–Kier alpha value is -1.67. The minimum absolute atomic E-state index is 0.451. The fourth-order valence-corrected chi connectivity index (χ4v) is 3.68. The van der Waals surface area contributed by atoms with E-state index in [1.807, 2.05) is 6.07 Å². The van der Waals surface area contributed by atoms with Crippen molar-refractivity contribution >= 4 is 17.3 Å². The van der Waals surface area contributed by atoms with Crippen LogP contribution in [0.15, 0.2) is 36.4 Å². The van der Waals surface area contributed by atoms with Crippen LogP contribution in [-0.4, -0.2) is 12.6 Å². The van der Waals surface area contributed by atoms with E-state index in [4.69, 9.17) is 16.3 Å². The van der Waals surface area contributed by atoms with Gasteiger partial charge in [-0.15, -0.1) is 0 Å². The predicted molar refractivity (Wildman–Crippen MR) is 86.5 cm³/mol. The van der Waals surface area contributed by atoms with Gasteiger partial charge in [-0.05, 0) is 54.2 Å². The van der Waals surface area contributed by atoms with Crippen LogP contribution >= 0.6 is 11.6 Å². The third-order valence-electron chi connectivity index (χ3n) is 4.43. The molecule has 0 saturated heterocycles. The highest BCUT2D eigenvalue weighted by atomic mass is 35.5. The SMILES string of the molecule is Clc1cc2c(c(CC3CCc4ccccc4N3)c1)OCC2. The summed E-state index contributed by atoms with van der Waals surface area (Å²) in [5, 5.41) is 4.48. The van der Waals surface area contributed by atoms with Gasteiger partial charge in [-0.3, -0.25) is 0 Å². The number of para-hydroxylation sites is 1. The van der Waals surface area contributed by atoms with E-state index in [-0.39, 0.29) is 0 Å². The van der Waals surface area contributed by atoms with Crippen LogP contribution in [0, 0.1) is 0 Å². The quantitative estimate of drug-likeness (QED) is 0.895. The van der Waals surface area contributed by atoms with E-state index < -0.39 is 0 Å². The molecule has 0 amide bonds. The van der Waals surface area contributed by atoms with Crippen LogP contribution in [0.5, 0.6) is 5.75 Å². The topological polar surface area (TPSA) is 21.3 Å². The molecule has 0 spiro atoms. The molecule has 1 atom stereocenters. The summed E-state index contributed by atoms with van der Waals surface area (Å²) in [5.74, 6) is 1.07. The fourth-order valence-electron chi connectivity index (χ4n) is 3.42. The Labute approximate surface area is 130 Å². The number of benzene rings is 2. The first kappa shape index (κ1) is 13.0. The first-order chi connectivity index (χ1) is 10.3. The smallest absolute Gasteiger partial charge is 0.125 e. The van der Waals surface area contributed by atoms with Gasteiger partial charge < -0.3 is 10.1 Å². The van der Waals surface area contributed by atoms with Crippen LogP contribution in [0.25, 0.3) is 0 Å². The minimum Gasteiger partial charge on any atom is -0.493 e. The van der Waals surface area contributed by atoms with Gasteiger partial charge >= 0.3 is 0 Å². The Morgan fingerprint density at radius 1 is 1.14 bits per heavy atom. The minimum atomic E-state index is 0.451. The molecule has 1 N–H and O–H groups in total. The first-order valence-corrected chi connectivity index (χ1v) is 7.96. The molecule has 0 radical (unpaired) electrons. The molecule has 0 saturated carbocycles. The Bertz CT molecular complexity index is 683. The molecule has 2 aromatic rings. The van der Waals surface area contributed by atoms with Crippen molar-refractivity contribution in [1.29, 1.82) is 0 Å². The van der Waals surface area contributed by atoms with E-state index in [2.05, 4.69) is 35.6 Å². The van der Waals surface area contributed by atoms with Gasteiger partial charge in [0.2, 0.25) is 0 Å². The van der Waals surface area contributed by atoms with Crippen molar-refractivity contribution in [3.63, 3.8) is 0 Å². The lowest BCUT2D eigenvalue weighted by molar-refractivity contribution is 0.352. The van der Waals surface area contributed by atoms with Gasteiger partial charge in [0.15, 0.2) is 0 Å². The van der Waals surface area contributed by atoms with Crippen LogP contribution < -0.4 is 10.1 Å². The molecule has 1 unspecified atom stereocenters. The summed E-state index contributed by atoms with van der Waals surface area (Å²) in [6.07, 6.45) is 4.23. The Morgan fingerprint density at radius 3 is 3.00 bits per heavy atom. The molecule has 108 valence electrons. The van der Waals surface area contributed by atoms with E-state index in [0.29, 0.717) is 6.04 Å². The summed E-state index contributed by atoms with van der Waals surface area (Å²) in [5.41, 5.74) is 5.19. The van der Waals surface area contributed by atoms with Gasteiger partial charge in [-0.2, -0.15) is 0 Å². The van der Waals surface area contributed by atoms with Gasteiger partial charge in [0.1, 0.15) is 5.75 Å². The summed E-state index contributed by atoms with van der Waals surface area (Å²) in [4.78, 5) is 0. The third-order valence-corrected chi connectivity index (χ3v) is 4.65. The number of fused-ring (bicyclic) bond motifs is 2. The van der Waals surface area contributed by atoms with Gasteiger partial charge in [-0.25, -0.2) is 0 Å². The van der Waals surface area contributed by atoms with E-state index in [1.165, 1.54) is 22.4 Å². The zero-order valence-corrected chi connectivity index (χ0v) is 12.6. The average molecular weight is 300 g/mol. The van der Waals surface area contributed by atoms with Crippen molar-refractivity contribution in [2.75, 3.05) is 11.9 Å². The van der Waals surface area contributed by atoms with Crippen molar-refractivity contribution in [3.8, 4) is 5.75 Å². The van der Waals surface area contributed by atoms with E-state index in [9.17, 15) is 0 Å². The monoisotopic (exact) mass is 299 g/mol. The zero-order chi connectivity index (χ0) is 14.2. The van der Waals surface area contributed by atoms with Crippen molar-refractivity contribution in [1.82, 2.24) is 0 Å². The lowest BCUT2D eigenvalue weighted by Crippen LogP contribution is -2.27. The zero-order valence-electron chi connectivity index (χ0n) is 11.9. The second-order valence-electron chi connectivity index (χ2n) is 5.89. The molecule has 2 aliphatic heterocycles. The van der Waals surface area contributed by atoms with Crippen LogP contribution in [0.4, 0.5) is 5.69 Å². The van der Waals surface area contributed by atoms with Crippen molar-refractivity contribution < 1.29 is 4.74 Å². The van der Waals surface area contributed by atoms with Gasteiger partial charge in [0.25, 0.3) is 0 Å². The molecule has 2 heterocycles. The first-order valence-electron chi connectivity index (χ1n) is 7.58.